The number of rotatable bonds is 7. The number of carbonyl (C=O) groups excluding carboxylic acids is 1. The van der Waals surface area contributed by atoms with Gasteiger partial charge in [-0.05, 0) is 65.3 Å². The zero-order chi connectivity index (χ0) is 27.7. The predicted octanol–water partition coefficient (Wildman–Crippen LogP) is 4.51. The molecule has 0 bridgehead atoms. The van der Waals surface area contributed by atoms with Gasteiger partial charge in [0.25, 0.3) is 0 Å². The minimum absolute atomic E-state index is 0.0444. The number of halogens is 5. The van der Waals surface area contributed by atoms with Crippen LogP contribution in [0.25, 0.3) is 11.3 Å². The predicted molar refractivity (Wildman–Crippen MR) is 125 cm³/mol. The third-order valence-corrected chi connectivity index (χ3v) is 8.47. The molecule has 2 aromatic rings. The fraction of sp³-hybridized carbons (Fsp3) is 0.542. The summed E-state index contributed by atoms with van der Waals surface area (Å²) in [6.07, 6.45) is -5.32. The second-order valence-corrected chi connectivity index (χ2v) is 12.1. The van der Waals surface area contributed by atoms with E-state index in [-0.39, 0.29) is 29.1 Å². The quantitative estimate of drug-likeness (QED) is 0.401. The number of piperidine rings is 1. The lowest BCUT2D eigenvalue weighted by atomic mass is 9.96. The highest BCUT2D eigenvalue weighted by molar-refractivity contribution is 7.93. The van der Waals surface area contributed by atoms with Crippen LogP contribution in [0, 0.1) is 0 Å². The molecule has 1 fully saturated rings. The van der Waals surface area contributed by atoms with Gasteiger partial charge in [-0.1, -0.05) is 12.1 Å². The maximum absolute atomic E-state index is 13.7. The van der Waals surface area contributed by atoms with Gasteiger partial charge >= 0.3 is 18.1 Å². The number of hydrogen-bond donors (Lipinski definition) is 1. The van der Waals surface area contributed by atoms with E-state index >= 15 is 0 Å². The Morgan fingerprint density at radius 3 is 2.08 bits per heavy atom. The van der Waals surface area contributed by atoms with Crippen molar-refractivity contribution in [1.29, 1.82) is 0 Å². The Balaban J connectivity index is 1.81. The van der Waals surface area contributed by atoms with Crippen LogP contribution in [0.15, 0.2) is 41.6 Å². The molecule has 0 radical (unpaired) electrons. The number of aryl methyl sites for hydroxylation is 1. The first-order valence-electron chi connectivity index (χ1n) is 11.5. The smallest absolute Gasteiger partial charge is 0.453 e. The first-order chi connectivity index (χ1) is 17.0. The lowest BCUT2D eigenvalue weighted by molar-refractivity contribution is -0.284. The second-order valence-electron chi connectivity index (χ2n) is 9.87. The van der Waals surface area contributed by atoms with Crippen LogP contribution < -0.4 is 5.32 Å². The Hall–Kier alpha value is -2.67. The number of alkyl halides is 5. The summed E-state index contributed by atoms with van der Waals surface area (Å²) in [7, 11) is -4.15. The average molecular weight is 550 g/mol. The van der Waals surface area contributed by atoms with Gasteiger partial charge in [0.15, 0.2) is 14.6 Å². The van der Waals surface area contributed by atoms with E-state index in [0.29, 0.717) is 18.7 Å². The maximum atomic E-state index is 13.7. The molecule has 1 aliphatic rings. The van der Waals surface area contributed by atoms with Crippen molar-refractivity contribution in [2.45, 2.75) is 73.8 Å². The van der Waals surface area contributed by atoms with Gasteiger partial charge in [-0.25, -0.2) is 8.42 Å². The summed E-state index contributed by atoms with van der Waals surface area (Å²) in [6.45, 7) is 5.64. The number of carbonyl (C=O) groups is 1. The SMILES string of the molecule is CC(C)(C)OC(=O)C1(S(=O)(=O)c2ccc(-c3cnc(CCC(F)(F)C(F)(F)F)cn3)cc2)CCNCC1. The Kier molecular flexibility index (Phi) is 8.00. The van der Waals surface area contributed by atoms with Crippen molar-refractivity contribution in [3.05, 3.63) is 42.4 Å². The molecule has 2 heterocycles. The molecule has 1 N–H and O–H groups in total. The van der Waals surface area contributed by atoms with Gasteiger partial charge in [-0.15, -0.1) is 0 Å². The van der Waals surface area contributed by atoms with Crippen LogP contribution in [0.3, 0.4) is 0 Å². The third kappa shape index (κ3) is 6.25. The van der Waals surface area contributed by atoms with E-state index in [4.69, 9.17) is 4.74 Å². The van der Waals surface area contributed by atoms with Crippen LogP contribution >= 0.6 is 0 Å². The number of hydrogen-bond acceptors (Lipinski definition) is 7. The molecule has 0 aliphatic carbocycles. The normalized spacial score (nSPS) is 16.9. The van der Waals surface area contributed by atoms with Crippen molar-refractivity contribution >= 4 is 15.8 Å². The molecule has 0 spiro atoms. The fourth-order valence-corrected chi connectivity index (χ4v) is 5.82. The van der Waals surface area contributed by atoms with Crippen molar-refractivity contribution in [3.8, 4) is 11.3 Å². The lowest BCUT2D eigenvalue weighted by Crippen LogP contribution is -2.55. The van der Waals surface area contributed by atoms with Crippen LogP contribution in [-0.4, -0.2) is 59.9 Å². The van der Waals surface area contributed by atoms with Gasteiger partial charge in [0.05, 0.1) is 22.5 Å². The molecule has 13 heteroatoms. The highest BCUT2D eigenvalue weighted by atomic mass is 32.2. The topological polar surface area (TPSA) is 98.3 Å². The van der Waals surface area contributed by atoms with Crippen molar-refractivity contribution in [2.24, 2.45) is 0 Å². The Labute approximate surface area is 211 Å². The Morgan fingerprint density at radius 1 is 1.00 bits per heavy atom. The maximum Gasteiger partial charge on any atom is 0.453 e. The van der Waals surface area contributed by atoms with E-state index in [0.717, 1.165) is 6.20 Å². The number of benzene rings is 1. The molecule has 7 nitrogen and oxygen atoms in total. The van der Waals surface area contributed by atoms with E-state index in [1.807, 2.05) is 0 Å². The number of aromatic nitrogens is 2. The lowest BCUT2D eigenvalue weighted by Gasteiger charge is -2.36. The van der Waals surface area contributed by atoms with Crippen molar-refractivity contribution < 1.29 is 39.9 Å². The van der Waals surface area contributed by atoms with Crippen molar-refractivity contribution in [1.82, 2.24) is 15.3 Å². The number of nitrogens with one attached hydrogen (secondary N) is 1. The molecule has 3 rings (SSSR count). The van der Waals surface area contributed by atoms with E-state index in [1.165, 1.54) is 30.5 Å². The zero-order valence-corrected chi connectivity index (χ0v) is 21.3. The first-order valence-corrected chi connectivity index (χ1v) is 13.0. The van der Waals surface area contributed by atoms with E-state index in [9.17, 15) is 35.2 Å². The average Bonchev–Trinajstić information content (AvgIpc) is 2.82. The van der Waals surface area contributed by atoms with E-state index < -0.39 is 51.1 Å². The van der Waals surface area contributed by atoms with Crippen molar-refractivity contribution in [3.63, 3.8) is 0 Å². The molecular weight excluding hydrogens is 521 g/mol. The summed E-state index contributed by atoms with van der Waals surface area (Å²) in [5, 5.41) is 3.06. The summed E-state index contributed by atoms with van der Waals surface area (Å²) in [6, 6.07) is 5.58. The Morgan fingerprint density at radius 2 is 1.59 bits per heavy atom. The summed E-state index contributed by atoms with van der Waals surface area (Å²) in [4.78, 5) is 21.0. The van der Waals surface area contributed by atoms with Crippen LogP contribution in [-0.2, 0) is 25.8 Å². The number of sulfone groups is 1. The largest absolute Gasteiger partial charge is 0.459 e. The van der Waals surface area contributed by atoms with Gasteiger partial charge < -0.3 is 10.1 Å². The molecule has 1 aliphatic heterocycles. The van der Waals surface area contributed by atoms with Crippen molar-refractivity contribution in [2.75, 3.05) is 13.1 Å². The van der Waals surface area contributed by atoms with Gasteiger partial charge in [0, 0.05) is 18.2 Å². The van der Waals surface area contributed by atoms with Gasteiger partial charge in [0.1, 0.15) is 5.60 Å². The first kappa shape index (κ1) is 28.9. The molecule has 0 saturated carbocycles. The van der Waals surface area contributed by atoms with Gasteiger partial charge in [-0.3, -0.25) is 14.8 Å². The van der Waals surface area contributed by atoms with E-state index in [2.05, 4.69) is 15.3 Å². The van der Waals surface area contributed by atoms with Gasteiger partial charge in [0.2, 0.25) is 0 Å². The van der Waals surface area contributed by atoms with Crippen LogP contribution in [0.5, 0.6) is 0 Å². The molecule has 204 valence electrons. The molecule has 0 atom stereocenters. The molecule has 1 aromatic carbocycles. The Bertz CT molecular complexity index is 1200. The molecule has 0 unspecified atom stereocenters. The number of ether oxygens (including phenoxy) is 1. The molecular formula is C24H28F5N3O4S. The second kappa shape index (κ2) is 10.2. The summed E-state index contributed by atoms with van der Waals surface area (Å²) in [5.74, 6) is -5.64. The van der Waals surface area contributed by atoms with Gasteiger partial charge in [-0.2, -0.15) is 22.0 Å². The van der Waals surface area contributed by atoms with E-state index in [1.54, 1.807) is 20.8 Å². The molecule has 1 saturated heterocycles. The molecule has 1 aromatic heterocycles. The fourth-order valence-electron chi connectivity index (χ4n) is 3.87. The third-order valence-electron chi connectivity index (χ3n) is 5.97. The van der Waals surface area contributed by atoms with Crippen LogP contribution in [0.4, 0.5) is 22.0 Å². The number of esters is 1. The monoisotopic (exact) mass is 549 g/mol. The highest BCUT2D eigenvalue weighted by Crippen LogP contribution is 2.39. The molecule has 37 heavy (non-hydrogen) atoms. The summed E-state index contributed by atoms with van der Waals surface area (Å²) in [5.41, 5.74) is -0.215. The number of nitrogens with zero attached hydrogens (tertiary/aromatic N) is 2. The van der Waals surface area contributed by atoms with Crippen LogP contribution in [0.2, 0.25) is 0 Å². The van der Waals surface area contributed by atoms with Crippen LogP contribution in [0.1, 0.15) is 45.7 Å². The zero-order valence-electron chi connectivity index (χ0n) is 20.5. The minimum atomic E-state index is -5.64. The summed E-state index contributed by atoms with van der Waals surface area (Å²) < 4.78 is 94.3. The standard InChI is InChI=1S/C24H28F5N3O4S/c1-21(2,3)36-20(33)22(10-12-30-13-11-22)37(34,35)18-6-4-16(5-7-18)19-15-31-17(14-32-19)8-9-23(25,26)24(27,28)29/h4-7,14-15,30H,8-13H2,1-3H3. The molecule has 0 amide bonds. The highest BCUT2D eigenvalue weighted by Gasteiger charge is 2.56. The minimum Gasteiger partial charge on any atom is -0.459 e. The summed E-state index contributed by atoms with van der Waals surface area (Å²) >= 11 is 0.